The lowest BCUT2D eigenvalue weighted by atomic mass is 10.1. The zero-order chi connectivity index (χ0) is 12.8. The van der Waals surface area contributed by atoms with Gasteiger partial charge in [0.1, 0.15) is 5.75 Å². The van der Waals surface area contributed by atoms with E-state index in [4.69, 9.17) is 15.2 Å². The maximum absolute atomic E-state index is 5.94. The molecule has 0 spiro atoms. The van der Waals surface area contributed by atoms with E-state index >= 15 is 0 Å². The third kappa shape index (κ3) is 3.40. The Balaban J connectivity index is 2.07. The minimum absolute atomic E-state index is 0.309. The van der Waals surface area contributed by atoms with Gasteiger partial charge in [-0.3, -0.25) is 0 Å². The summed E-state index contributed by atoms with van der Waals surface area (Å²) in [5.41, 5.74) is 7.15. The van der Waals surface area contributed by atoms with Gasteiger partial charge < -0.3 is 15.2 Å². The summed E-state index contributed by atoms with van der Waals surface area (Å²) in [5.74, 6) is 0.938. The van der Waals surface area contributed by atoms with Gasteiger partial charge >= 0.3 is 0 Å². The lowest BCUT2D eigenvalue weighted by molar-refractivity contribution is 0.0999. The fourth-order valence-corrected chi connectivity index (χ4v) is 3.61. The molecule has 0 radical (unpaired) electrons. The number of para-hydroxylation sites is 1. The molecule has 1 saturated heterocycles. The summed E-state index contributed by atoms with van der Waals surface area (Å²) in [7, 11) is 1.71. The predicted molar refractivity (Wildman–Crippen MR) is 76.2 cm³/mol. The van der Waals surface area contributed by atoms with Crippen LogP contribution in [0.1, 0.15) is 23.7 Å². The van der Waals surface area contributed by atoms with Gasteiger partial charge in [0, 0.05) is 35.8 Å². The topological polar surface area (TPSA) is 44.5 Å². The molecule has 18 heavy (non-hydrogen) atoms. The molecule has 0 amide bonds. The predicted octanol–water partition coefficient (Wildman–Crippen LogP) is 2.61. The first-order valence-electron chi connectivity index (χ1n) is 6.41. The number of methoxy groups -OCH3 is 1. The second-order valence-electron chi connectivity index (χ2n) is 4.41. The highest BCUT2D eigenvalue weighted by molar-refractivity contribution is 8.00. The first-order valence-corrected chi connectivity index (χ1v) is 7.35. The van der Waals surface area contributed by atoms with Crippen LogP contribution in [-0.4, -0.2) is 32.1 Å². The smallest absolute Gasteiger partial charge is 0.123 e. The summed E-state index contributed by atoms with van der Waals surface area (Å²) < 4.78 is 10.8. The van der Waals surface area contributed by atoms with Crippen LogP contribution in [0.4, 0.5) is 0 Å². The normalized spacial score (nSPS) is 18.6. The highest BCUT2D eigenvalue weighted by Crippen LogP contribution is 2.39. The summed E-state index contributed by atoms with van der Waals surface area (Å²) in [6.07, 6.45) is 2.24. The lowest BCUT2D eigenvalue weighted by Crippen LogP contribution is -2.21. The number of thioether (sulfide) groups is 1. The van der Waals surface area contributed by atoms with Crippen LogP contribution >= 0.6 is 11.8 Å². The quantitative estimate of drug-likeness (QED) is 0.890. The molecule has 0 bridgehead atoms. The van der Waals surface area contributed by atoms with E-state index in [9.17, 15) is 0 Å². The van der Waals surface area contributed by atoms with E-state index in [1.165, 1.54) is 5.56 Å². The molecule has 2 N–H and O–H groups in total. The van der Waals surface area contributed by atoms with Crippen molar-refractivity contribution in [1.29, 1.82) is 0 Å². The van der Waals surface area contributed by atoms with Crippen molar-refractivity contribution in [3.05, 3.63) is 29.8 Å². The summed E-state index contributed by atoms with van der Waals surface area (Å²) >= 11 is 1.96. The van der Waals surface area contributed by atoms with Crippen LogP contribution in [0.2, 0.25) is 0 Å². The molecule has 3 nitrogen and oxygen atoms in total. The van der Waals surface area contributed by atoms with Crippen molar-refractivity contribution in [3.63, 3.8) is 0 Å². The van der Waals surface area contributed by atoms with Gasteiger partial charge in [0.15, 0.2) is 0 Å². The number of nitrogens with two attached hydrogens (primary N) is 1. The molecule has 1 atom stereocenters. The zero-order valence-electron chi connectivity index (χ0n) is 10.8. The third-order valence-electron chi connectivity index (χ3n) is 3.22. The minimum atomic E-state index is 0.309. The Morgan fingerprint density at radius 2 is 2.11 bits per heavy atom. The van der Waals surface area contributed by atoms with Crippen molar-refractivity contribution in [2.75, 3.05) is 26.9 Å². The Hall–Kier alpha value is -0.710. The van der Waals surface area contributed by atoms with E-state index in [2.05, 4.69) is 6.07 Å². The summed E-state index contributed by atoms with van der Waals surface area (Å²) in [6.45, 7) is 2.39. The van der Waals surface area contributed by atoms with Gasteiger partial charge in [0.25, 0.3) is 0 Å². The van der Waals surface area contributed by atoms with E-state index in [1.54, 1.807) is 7.11 Å². The van der Waals surface area contributed by atoms with Crippen LogP contribution < -0.4 is 10.5 Å². The molecule has 100 valence electrons. The van der Waals surface area contributed by atoms with Gasteiger partial charge in [0.2, 0.25) is 0 Å². The number of hydrogen-bond acceptors (Lipinski definition) is 4. The molecule has 1 fully saturated rings. The van der Waals surface area contributed by atoms with Crippen molar-refractivity contribution >= 4 is 11.8 Å². The molecule has 2 rings (SSSR count). The van der Waals surface area contributed by atoms with Crippen LogP contribution in [0.15, 0.2) is 24.3 Å². The lowest BCUT2D eigenvalue weighted by Gasteiger charge is -2.26. The first kappa shape index (κ1) is 13.7. The van der Waals surface area contributed by atoms with E-state index in [-0.39, 0.29) is 0 Å². The maximum Gasteiger partial charge on any atom is 0.123 e. The number of hydrogen-bond donors (Lipinski definition) is 1. The average Bonchev–Trinajstić information content (AvgIpc) is 2.46. The van der Waals surface area contributed by atoms with E-state index in [1.807, 2.05) is 30.0 Å². The maximum atomic E-state index is 5.94. The Labute approximate surface area is 113 Å². The van der Waals surface area contributed by atoms with Crippen LogP contribution in [0.5, 0.6) is 5.75 Å². The fraction of sp³-hybridized carbons (Fsp3) is 0.571. The van der Waals surface area contributed by atoms with Crippen molar-refractivity contribution in [1.82, 2.24) is 0 Å². The van der Waals surface area contributed by atoms with Crippen LogP contribution in [0.3, 0.4) is 0 Å². The summed E-state index contributed by atoms with van der Waals surface area (Å²) in [5, 5.41) is 0.960. The molecule has 1 aromatic rings. The second-order valence-corrected chi connectivity index (χ2v) is 5.92. The van der Waals surface area contributed by atoms with Gasteiger partial charge in [-0.25, -0.2) is 0 Å². The van der Waals surface area contributed by atoms with Gasteiger partial charge in [-0.2, -0.15) is 0 Å². The van der Waals surface area contributed by atoms with Gasteiger partial charge in [0.05, 0.1) is 7.11 Å². The summed E-state index contributed by atoms with van der Waals surface area (Å²) in [4.78, 5) is 0. The zero-order valence-corrected chi connectivity index (χ0v) is 11.6. The molecular formula is C14H21NO2S. The highest BCUT2D eigenvalue weighted by atomic mass is 32.2. The Morgan fingerprint density at radius 3 is 2.78 bits per heavy atom. The van der Waals surface area contributed by atoms with Crippen molar-refractivity contribution < 1.29 is 9.47 Å². The molecule has 4 heteroatoms. The SMILES string of the molecule is COc1ccccc1C(CN)SC1CCOCC1. The number of ether oxygens (including phenoxy) is 2. The van der Waals surface area contributed by atoms with Crippen LogP contribution in [0.25, 0.3) is 0 Å². The summed E-state index contributed by atoms with van der Waals surface area (Å²) in [6, 6.07) is 8.16. The average molecular weight is 267 g/mol. The van der Waals surface area contributed by atoms with Gasteiger partial charge in [-0.15, -0.1) is 11.8 Å². The third-order valence-corrected chi connectivity index (χ3v) is 4.86. The molecular weight excluding hydrogens is 246 g/mol. The molecule has 1 aliphatic rings. The standard InChI is InChI=1S/C14H21NO2S/c1-16-13-5-3-2-4-12(13)14(10-15)18-11-6-8-17-9-7-11/h2-5,11,14H,6-10,15H2,1H3. The van der Waals surface area contributed by atoms with Crippen LogP contribution in [0, 0.1) is 0 Å². The number of benzene rings is 1. The molecule has 1 aromatic carbocycles. The molecule has 0 saturated carbocycles. The van der Waals surface area contributed by atoms with Gasteiger partial charge in [-0.1, -0.05) is 18.2 Å². The van der Waals surface area contributed by atoms with Crippen molar-refractivity contribution in [3.8, 4) is 5.75 Å². The molecule has 1 aliphatic heterocycles. The number of rotatable bonds is 5. The van der Waals surface area contributed by atoms with E-state index in [0.717, 1.165) is 31.8 Å². The Bertz CT molecular complexity index is 367. The van der Waals surface area contributed by atoms with Crippen LogP contribution in [-0.2, 0) is 4.74 Å². The second kappa shape index (κ2) is 7.02. The minimum Gasteiger partial charge on any atom is -0.496 e. The Kier molecular flexibility index (Phi) is 5.35. The largest absolute Gasteiger partial charge is 0.496 e. The Morgan fingerprint density at radius 1 is 1.39 bits per heavy atom. The van der Waals surface area contributed by atoms with E-state index in [0.29, 0.717) is 17.0 Å². The molecule has 1 unspecified atom stereocenters. The monoisotopic (exact) mass is 267 g/mol. The molecule has 0 aromatic heterocycles. The van der Waals surface area contributed by atoms with Crippen molar-refractivity contribution in [2.24, 2.45) is 5.73 Å². The van der Waals surface area contributed by atoms with Crippen molar-refractivity contribution in [2.45, 2.75) is 23.3 Å². The molecule has 1 heterocycles. The van der Waals surface area contributed by atoms with E-state index < -0.39 is 0 Å². The van der Waals surface area contributed by atoms with Gasteiger partial charge in [-0.05, 0) is 18.9 Å². The first-order chi connectivity index (χ1) is 8.85. The molecule has 0 aliphatic carbocycles. The fourth-order valence-electron chi connectivity index (χ4n) is 2.23. The highest BCUT2D eigenvalue weighted by Gasteiger charge is 2.22.